The summed E-state index contributed by atoms with van der Waals surface area (Å²) in [5.41, 5.74) is 2.23. The van der Waals surface area contributed by atoms with E-state index in [4.69, 9.17) is 4.74 Å². The summed E-state index contributed by atoms with van der Waals surface area (Å²) in [5.74, 6) is 0. The highest BCUT2D eigenvalue weighted by atomic mass is 16.5. The molecule has 3 rings (SSSR count). The van der Waals surface area contributed by atoms with Crippen LogP contribution in [-0.4, -0.2) is 24.2 Å². The van der Waals surface area contributed by atoms with Crippen LogP contribution < -0.4 is 5.32 Å². The SMILES string of the molecule is c1cnc2ccc(NC3CCCOCC3)cc2c1. The number of hydrogen-bond donors (Lipinski definition) is 1. The van der Waals surface area contributed by atoms with Crippen LogP contribution in [0, 0.1) is 0 Å². The van der Waals surface area contributed by atoms with Crippen molar-refractivity contribution in [1.82, 2.24) is 4.98 Å². The van der Waals surface area contributed by atoms with Crippen LogP contribution in [0.25, 0.3) is 10.9 Å². The van der Waals surface area contributed by atoms with Crippen molar-refractivity contribution in [3.63, 3.8) is 0 Å². The van der Waals surface area contributed by atoms with Gasteiger partial charge in [-0.05, 0) is 43.5 Å². The summed E-state index contributed by atoms with van der Waals surface area (Å²) in [6.07, 6.45) is 5.25. The molecule has 1 saturated heterocycles. The van der Waals surface area contributed by atoms with Gasteiger partial charge in [0.05, 0.1) is 5.52 Å². The van der Waals surface area contributed by atoms with Crippen molar-refractivity contribution in [3.8, 4) is 0 Å². The van der Waals surface area contributed by atoms with Crippen LogP contribution in [0.5, 0.6) is 0 Å². The lowest BCUT2D eigenvalue weighted by atomic mass is 10.1. The van der Waals surface area contributed by atoms with Gasteiger partial charge in [0.1, 0.15) is 0 Å². The molecular formula is C15H18N2O. The summed E-state index contributed by atoms with van der Waals surface area (Å²) >= 11 is 0. The van der Waals surface area contributed by atoms with Crippen molar-refractivity contribution < 1.29 is 4.74 Å². The van der Waals surface area contributed by atoms with E-state index in [9.17, 15) is 0 Å². The largest absolute Gasteiger partial charge is 0.382 e. The molecule has 18 heavy (non-hydrogen) atoms. The van der Waals surface area contributed by atoms with Crippen LogP contribution in [0.1, 0.15) is 19.3 Å². The predicted octanol–water partition coefficient (Wildman–Crippen LogP) is 3.22. The van der Waals surface area contributed by atoms with E-state index in [-0.39, 0.29) is 0 Å². The summed E-state index contributed by atoms with van der Waals surface area (Å²) in [6, 6.07) is 11.0. The van der Waals surface area contributed by atoms with Gasteiger partial charge in [0.15, 0.2) is 0 Å². The molecule has 1 N–H and O–H groups in total. The first-order chi connectivity index (χ1) is 8.92. The molecule has 3 heteroatoms. The Morgan fingerprint density at radius 2 is 2.17 bits per heavy atom. The Bertz CT molecular complexity index is 519. The minimum atomic E-state index is 0.529. The smallest absolute Gasteiger partial charge is 0.0703 e. The number of ether oxygens (including phenoxy) is 1. The second kappa shape index (κ2) is 5.36. The van der Waals surface area contributed by atoms with Gasteiger partial charge in [0, 0.05) is 36.5 Å². The van der Waals surface area contributed by atoms with Crippen molar-refractivity contribution in [2.75, 3.05) is 18.5 Å². The maximum absolute atomic E-state index is 5.48. The molecule has 2 heterocycles. The van der Waals surface area contributed by atoms with Gasteiger partial charge in [-0.1, -0.05) is 6.07 Å². The number of aromatic nitrogens is 1. The first kappa shape index (κ1) is 11.5. The lowest BCUT2D eigenvalue weighted by Crippen LogP contribution is -2.19. The topological polar surface area (TPSA) is 34.2 Å². The first-order valence-electron chi connectivity index (χ1n) is 6.61. The number of nitrogens with one attached hydrogen (secondary N) is 1. The molecular weight excluding hydrogens is 224 g/mol. The fourth-order valence-corrected chi connectivity index (χ4v) is 2.45. The molecule has 0 bridgehead atoms. The van der Waals surface area contributed by atoms with E-state index in [1.165, 1.54) is 17.5 Å². The minimum Gasteiger partial charge on any atom is -0.382 e. The van der Waals surface area contributed by atoms with Gasteiger partial charge in [-0.25, -0.2) is 0 Å². The minimum absolute atomic E-state index is 0.529. The lowest BCUT2D eigenvalue weighted by Gasteiger charge is -2.17. The standard InChI is InChI=1S/C15H18N2O/c1-3-12-11-14(5-6-15(12)16-8-1)17-13-4-2-9-18-10-7-13/h1,3,5-6,8,11,13,17H,2,4,7,9-10H2. The van der Waals surface area contributed by atoms with Gasteiger partial charge in [-0.3, -0.25) is 4.98 Å². The number of benzene rings is 1. The van der Waals surface area contributed by atoms with Gasteiger partial charge < -0.3 is 10.1 Å². The van der Waals surface area contributed by atoms with Crippen molar-refractivity contribution in [2.45, 2.75) is 25.3 Å². The zero-order chi connectivity index (χ0) is 12.2. The molecule has 1 atom stereocenters. The zero-order valence-electron chi connectivity index (χ0n) is 10.4. The van der Waals surface area contributed by atoms with Crippen molar-refractivity contribution >= 4 is 16.6 Å². The Hall–Kier alpha value is -1.61. The molecule has 0 amide bonds. The second-order valence-electron chi connectivity index (χ2n) is 4.80. The molecule has 1 aliphatic rings. The molecule has 2 aromatic rings. The van der Waals surface area contributed by atoms with E-state index in [1.54, 1.807) is 0 Å². The quantitative estimate of drug-likeness (QED) is 0.878. The molecule has 0 aliphatic carbocycles. The van der Waals surface area contributed by atoms with E-state index >= 15 is 0 Å². The third-order valence-electron chi connectivity index (χ3n) is 3.43. The number of rotatable bonds is 2. The van der Waals surface area contributed by atoms with E-state index in [2.05, 4.69) is 34.6 Å². The van der Waals surface area contributed by atoms with Crippen LogP contribution in [0.2, 0.25) is 0 Å². The van der Waals surface area contributed by atoms with E-state index in [1.807, 2.05) is 12.3 Å². The lowest BCUT2D eigenvalue weighted by molar-refractivity contribution is 0.144. The molecule has 1 fully saturated rings. The number of pyridine rings is 1. The average Bonchev–Trinajstić information content (AvgIpc) is 2.67. The zero-order valence-corrected chi connectivity index (χ0v) is 10.4. The van der Waals surface area contributed by atoms with Crippen LogP contribution >= 0.6 is 0 Å². The Morgan fingerprint density at radius 1 is 1.17 bits per heavy atom. The fourth-order valence-electron chi connectivity index (χ4n) is 2.45. The van der Waals surface area contributed by atoms with E-state index < -0.39 is 0 Å². The number of fused-ring (bicyclic) bond motifs is 1. The molecule has 0 saturated carbocycles. The highest BCUT2D eigenvalue weighted by Gasteiger charge is 2.12. The fraction of sp³-hybridized carbons (Fsp3) is 0.400. The monoisotopic (exact) mass is 242 g/mol. The molecule has 3 nitrogen and oxygen atoms in total. The molecule has 1 aliphatic heterocycles. The van der Waals surface area contributed by atoms with Crippen LogP contribution in [0.3, 0.4) is 0 Å². The van der Waals surface area contributed by atoms with Gasteiger partial charge >= 0.3 is 0 Å². The Morgan fingerprint density at radius 3 is 3.17 bits per heavy atom. The van der Waals surface area contributed by atoms with Gasteiger partial charge in [0.2, 0.25) is 0 Å². The second-order valence-corrected chi connectivity index (χ2v) is 4.80. The van der Waals surface area contributed by atoms with E-state index in [0.29, 0.717) is 6.04 Å². The molecule has 0 spiro atoms. The average molecular weight is 242 g/mol. The van der Waals surface area contributed by atoms with Gasteiger partial charge in [-0.2, -0.15) is 0 Å². The number of nitrogens with zero attached hydrogens (tertiary/aromatic N) is 1. The van der Waals surface area contributed by atoms with Gasteiger partial charge in [0.25, 0.3) is 0 Å². The summed E-state index contributed by atoms with van der Waals surface area (Å²) in [5, 5.41) is 4.79. The molecule has 1 aromatic carbocycles. The number of anilines is 1. The summed E-state index contributed by atoms with van der Waals surface area (Å²) in [7, 11) is 0. The Kier molecular flexibility index (Phi) is 3.42. The summed E-state index contributed by atoms with van der Waals surface area (Å²) < 4.78 is 5.48. The highest BCUT2D eigenvalue weighted by molar-refractivity contribution is 5.82. The molecule has 0 radical (unpaired) electrons. The van der Waals surface area contributed by atoms with Crippen LogP contribution in [0.4, 0.5) is 5.69 Å². The Labute approximate surface area is 107 Å². The predicted molar refractivity (Wildman–Crippen MR) is 73.8 cm³/mol. The molecule has 1 unspecified atom stereocenters. The molecule has 94 valence electrons. The van der Waals surface area contributed by atoms with E-state index in [0.717, 1.165) is 31.6 Å². The summed E-state index contributed by atoms with van der Waals surface area (Å²) in [6.45, 7) is 1.77. The van der Waals surface area contributed by atoms with Crippen molar-refractivity contribution in [3.05, 3.63) is 36.5 Å². The maximum Gasteiger partial charge on any atom is 0.0703 e. The highest BCUT2D eigenvalue weighted by Crippen LogP contribution is 2.20. The molecule has 1 aromatic heterocycles. The maximum atomic E-state index is 5.48. The van der Waals surface area contributed by atoms with Gasteiger partial charge in [-0.15, -0.1) is 0 Å². The van der Waals surface area contributed by atoms with Crippen LogP contribution in [-0.2, 0) is 4.74 Å². The van der Waals surface area contributed by atoms with Crippen LogP contribution in [0.15, 0.2) is 36.5 Å². The normalized spacial score (nSPS) is 20.6. The van der Waals surface area contributed by atoms with Crippen molar-refractivity contribution in [1.29, 1.82) is 0 Å². The Balaban J connectivity index is 1.77. The third-order valence-corrected chi connectivity index (χ3v) is 3.43. The summed E-state index contributed by atoms with van der Waals surface area (Å²) in [4.78, 5) is 4.34. The third kappa shape index (κ3) is 2.62. The number of hydrogen-bond acceptors (Lipinski definition) is 3. The first-order valence-corrected chi connectivity index (χ1v) is 6.61. The van der Waals surface area contributed by atoms with Crippen molar-refractivity contribution in [2.24, 2.45) is 0 Å².